The minimum atomic E-state index is -0.322. The van der Waals surface area contributed by atoms with E-state index in [9.17, 15) is 9.18 Å². The molecule has 1 N–H and O–H groups in total. The number of carbonyl (C=O) groups excluding carboxylic acids is 1. The Morgan fingerprint density at radius 1 is 1.38 bits per heavy atom. The number of hydrogen-bond acceptors (Lipinski definition) is 1. The lowest BCUT2D eigenvalue weighted by molar-refractivity contribution is -0.125. The highest BCUT2D eigenvalue weighted by Gasteiger charge is 2.45. The zero-order chi connectivity index (χ0) is 14.9. The number of nitrogens with one attached hydrogen (secondary N) is 1. The fourth-order valence-corrected chi connectivity index (χ4v) is 3.41. The maximum Gasteiger partial charge on any atom is 0.223 e. The van der Waals surface area contributed by atoms with E-state index in [4.69, 9.17) is 11.6 Å². The summed E-state index contributed by atoms with van der Waals surface area (Å²) >= 11 is 6.16. The summed E-state index contributed by atoms with van der Waals surface area (Å²) in [5.74, 6) is -0.101. The number of rotatable bonds is 4. The lowest BCUT2D eigenvalue weighted by Crippen LogP contribution is -2.36. The highest BCUT2D eigenvalue weighted by molar-refractivity contribution is 6.31. The summed E-state index contributed by atoms with van der Waals surface area (Å²) in [7, 11) is 0. The quantitative estimate of drug-likeness (QED) is 0.838. The number of amides is 1. The van der Waals surface area contributed by atoms with Crippen LogP contribution >= 0.6 is 11.6 Å². The molecule has 2 aliphatic rings. The van der Waals surface area contributed by atoms with E-state index in [1.165, 1.54) is 12.1 Å². The van der Waals surface area contributed by atoms with Crippen LogP contribution in [0.1, 0.15) is 37.7 Å². The van der Waals surface area contributed by atoms with Gasteiger partial charge in [0.2, 0.25) is 5.91 Å². The summed E-state index contributed by atoms with van der Waals surface area (Å²) in [5, 5.41) is 3.53. The van der Waals surface area contributed by atoms with Crippen LogP contribution < -0.4 is 5.32 Å². The number of halogens is 2. The maximum atomic E-state index is 13.2. The van der Waals surface area contributed by atoms with Crippen molar-refractivity contribution in [3.05, 3.63) is 46.8 Å². The molecule has 0 saturated heterocycles. The standard InChI is InChI=1S/C17H19ClFNO/c18-15-10-13(19)6-7-14(15)17(8-9-17)11-20-16(21)12-4-2-1-3-5-12/h1-2,6-7,10,12H,3-5,8-9,11H2,(H,20,21)/t12-/m0/s1. The van der Waals surface area contributed by atoms with Crippen molar-refractivity contribution in [3.8, 4) is 0 Å². The first kappa shape index (κ1) is 14.6. The molecule has 112 valence electrons. The summed E-state index contributed by atoms with van der Waals surface area (Å²) in [5.41, 5.74) is 0.861. The van der Waals surface area contributed by atoms with Gasteiger partial charge < -0.3 is 5.32 Å². The maximum absolute atomic E-state index is 13.2. The first-order chi connectivity index (χ1) is 10.1. The van der Waals surface area contributed by atoms with Crippen molar-refractivity contribution < 1.29 is 9.18 Å². The Labute approximate surface area is 129 Å². The van der Waals surface area contributed by atoms with Crippen molar-refractivity contribution in [2.75, 3.05) is 6.54 Å². The van der Waals surface area contributed by atoms with Crippen LogP contribution in [0.25, 0.3) is 0 Å². The highest BCUT2D eigenvalue weighted by Crippen LogP contribution is 2.50. The number of hydrogen-bond donors (Lipinski definition) is 1. The van der Waals surface area contributed by atoms with Crippen molar-refractivity contribution >= 4 is 17.5 Å². The topological polar surface area (TPSA) is 29.1 Å². The van der Waals surface area contributed by atoms with Gasteiger partial charge in [0.15, 0.2) is 0 Å². The monoisotopic (exact) mass is 307 g/mol. The van der Waals surface area contributed by atoms with Crippen LogP contribution in [0.2, 0.25) is 5.02 Å². The van der Waals surface area contributed by atoms with Crippen LogP contribution in [0.4, 0.5) is 4.39 Å². The highest BCUT2D eigenvalue weighted by atomic mass is 35.5. The second kappa shape index (κ2) is 5.80. The van der Waals surface area contributed by atoms with Crippen molar-refractivity contribution in [2.45, 2.75) is 37.5 Å². The zero-order valence-corrected chi connectivity index (χ0v) is 12.6. The van der Waals surface area contributed by atoms with E-state index in [0.717, 1.165) is 37.7 Å². The smallest absolute Gasteiger partial charge is 0.223 e. The molecule has 0 aromatic heterocycles. The van der Waals surface area contributed by atoms with Crippen LogP contribution in [0.3, 0.4) is 0 Å². The van der Waals surface area contributed by atoms with Gasteiger partial charge in [-0.15, -0.1) is 0 Å². The second-order valence-electron chi connectivity index (χ2n) is 6.10. The third-order valence-corrected chi connectivity index (χ3v) is 4.91. The lowest BCUT2D eigenvalue weighted by Gasteiger charge is -2.21. The van der Waals surface area contributed by atoms with E-state index in [0.29, 0.717) is 11.6 Å². The minimum absolute atomic E-state index is 0.0921. The van der Waals surface area contributed by atoms with Crippen LogP contribution in [0.15, 0.2) is 30.4 Å². The molecule has 1 saturated carbocycles. The average Bonchev–Trinajstić information content (AvgIpc) is 3.26. The molecule has 2 nitrogen and oxygen atoms in total. The summed E-state index contributed by atoms with van der Waals surface area (Å²) in [6, 6.07) is 4.54. The van der Waals surface area contributed by atoms with Crippen molar-refractivity contribution in [1.29, 1.82) is 0 Å². The van der Waals surface area contributed by atoms with Gasteiger partial charge >= 0.3 is 0 Å². The minimum Gasteiger partial charge on any atom is -0.355 e. The summed E-state index contributed by atoms with van der Waals surface area (Å²) in [6.45, 7) is 0.595. The molecule has 0 aliphatic heterocycles. The van der Waals surface area contributed by atoms with Gasteiger partial charge in [0.25, 0.3) is 0 Å². The molecular weight excluding hydrogens is 289 g/mol. The van der Waals surface area contributed by atoms with Crippen LogP contribution in [0.5, 0.6) is 0 Å². The molecule has 1 atom stereocenters. The SMILES string of the molecule is O=C(NCC1(c2ccc(F)cc2Cl)CC1)[C@H]1CC=CCC1. The molecule has 1 amide bonds. The van der Waals surface area contributed by atoms with Gasteiger partial charge in [-0.3, -0.25) is 4.79 Å². The molecule has 1 aromatic carbocycles. The molecular formula is C17H19ClFNO. The van der Waals surface area contributed by atoms with Crippen LogP contribution in [0, 0.1) is 11.7 Å². The third-order valence-electron chi connectivity index (χ3n) is 4.60. The molecule has 4 heteroatoms. The van der Waals surface area contributed by atoms with E-state index in [2.05, 4.69) is 17.5 Å². The normalized spacial score (nSPS) is 22.9. The van der Waals surface area contributed by atoms with Gasteiger partial charge in [0, 0.05) is 22.9 Å². The van der Waals surface area contributed by atoms with Crippen LogP contribution in [-0.4, -0.2) is 12.5 Å². The van der Waals surface area contributed by atoms with Crippen molar-refractivity contribution in [3.63, 3.8) is 0 Å². The Bertz CT molecular complexity index is 580. The van der Waals surface area contributed by atoms with Crippen molar-refractivity contribution in [2.24, 2.45) is 5.92 Å². The first-order valence-corrected chi connectivity index (χ1v) is 7.87. The molecule has 0 spiro atoms. The van der Waals surface area contributed by atoms with E-state index >= 15 is 0 Å². The van der Waals surface area contributed by atoms with Gasteiger partial charge in [0.1, 0.15) is 5.82 Å². The van der Waals surface area contributed by atoms with Gasteiger partial charge in [-0.1, -0.05) is 29.8 Å². The molecule has 0 bridgehead atoms. The Hall–Kier alpha value is -1.35. The molecule has 0 heterocycles. The Morgan fingerprint density at radius 3 is 2.81 bits per heavy atom. The summed E-state index contributed by atoms with van der Waals surface area (Å²) in [4.78, 5) is 12.2. The molecule has 3 rings (SSSR count). The Kier molecular flexibility index (Phi) is 4.03. The predicted octanol–water partition coefficient (Wildman–Crippen LogP) is 3.98. The largest absolute Gasteiger partial charge is 0.355 e. The Balaban J connectivity index is 1.64. The number of allylic oxidation sites excluding steroid dienone is 2. The second-order valence-corrected chi connectivity index (χ2v) is 6.51. The lowest BCUT2D eigenvalue weighted by atomic mass is 9.92. The Morgan fingerprint density at radius 2 is 2.19 bits per heavy atom. The number of carbonyl (C=O) groups is 1. The zero-order valence-electron chi connectivity index (χ0n) is 11.9. The van der Waals surface area contributed by atoms with Gasteiger partial charge in [0.05, 0.1) is 0 Å². The molecule has 2 aliphatic carbocycles. The van der Waals surface area contributed by atoms with E-state index in [1.54, 1.807) is 6.07 Å². The first-order valence-electron chi connectivity index (χ1n) is 7.49. The molecule has 1 fully saturated rings. The van der Waals surface area contributed by atoms with Gasteiger partial charge in [-0.25, -0.2) is 4.39 Å². The summed E-state index contributed by atoms with van der Waals surface area (Å²) in [6.07, 6.45) is 8.92. The molecule has 21 heavy (non-hydrogen) atoms. The van der Waals surface area contributed by atoms with E-state index in [1.807, 2.05) is 0 Å². The summed E-state index contributed by atoms with van der Waals surface area (Å²) < 4.78 is 13.2. The van der Waals surface area contributed by atoms with Crippen LogP contribution in [-0.2, 0) is 10.2 Å². The third kappa shape index (κ3) is 3.13. The fraction of sp³-hybridized carbons (Fsp3) is 0.471. The van der Waals surface area contributed by atoms with Gasteiger partial charge in [-0.05, 0) is 49.8 Å². The fourth-order valence-electron chi connectivity index (χ4n) is 3.04. The predicted molar refractivity (Wildman–Crippen MR) is 81.8 cm³/mol. The van der Waals surface area contributed by atoms with E-state index < -0.39 is 0 Å². The molecule has 1 aromatic rings. The van der Waals surface area contributed by atoms with E-state index in [-0.39, 0.29) is 23.1 Å². The molecule has 0 unspecified atom stereocenters. The number of benzene rings is 1. The average molecular weight is 308 g/mol. The molecule has 0 radical (unpaired) electrons. The van der Waals surface area contributed by atoms with Crippen molar-refractivity contribution in [1.82, 2.24) is 5.32 Å². The van der Waals surface area contributed by atoms with Gasteiger partial charge in [-0.2, -0.15) is 0 Å².